The van der Waals surface area contributed by atoms with Gasteiger partial charge in [-0.3, -0.25) is 0 Å². The van der Waals surface area contributed by atoms with Gasteiger partial charge in [0.15, 0.2) is 5.11 Å². The highest BCUT2D eigenvalue weighted by Crippen LogP contribution is 2.13. The van der Waals surface area contributed by atoms with Crippen LogP contribution in [-0.2, 0) is 0 Å². The van der Waals surface area contributed by atoms with E-state index in [9.17, 15) is 4.39 Å². The zero-order chi connectivity index (χ0) is 13.8. The van der Waals surface area contributed by atoms with Crippen LogP contribution in [-0.4, -0.2) is 10.7 Å². The second-order valence-electron chi connectivity index (χ2n) is 5.11. The molecule has 0 aromatic heterocycles. The molecular formula is C14H21FN2S. The molecule has 0 amide bonds. The molecule has 0 radical (unpaired) electrons. The fraction of sp³-hybridized carbons (Fsp3) is 0.500. The third kappa shape index (κ3) is 4.61. The molecule has 100 valence electrons. The fourth-order valence-corrected chi connectivity index (χ4v) is 1.92. The molecule has 0 fully saturated rings. The lowest BCUT2D eigenvalue weighted by atomic mass is 10.0. The average Bonchev–Trinajstić information content (AvgIpc) is 2.29. The van der Waals surface area contributed by atoms with Gasteiger partial charge in [0.25, 0.3) is 0 Å². The smallest absolute Gasteiger partial charge is 0.167 e. The summed E-state index contributed by atoms with van der Waals surface area (Å²) >= 11 is 5.27. The number of benzene rings is 1. The number of halogens is 1. The Morgan fingerprint density at radius 3 is 2.39 bits per heavy atom. The Hall–Kier alpha value is -1.16. The van der Waals surface area contributed by atoms with E-state index in [2.05, 4.69) is 31.4 Å². The topological polar surface area (TPSA) is 24.1 Å². The van der Waals surface area contributed by atoms with E-state index in [1.54, 1.807) is 12.1 Å². The van der Waals surface area contributed by atoms with Gasteiger partial charge in [-0.05, 0) is 57.1 Å². The molecular weight excluding hydrogens is 247 g/mol. The molecule has 0 aliphatic heterocycles. The number of hydrogen-bond donors (Lipinski definition) is 2. The van der Waals surface area contributed by atoms with Crippen molar-refractivity contribution in [3.8, 4) is 0 Å². The second kappa shape index (κ2) is 6.14. The predicted molar refractivity (Wildman–Crippen MR) is 78.1 cm³/mol. The van der Waals surface area contributed by atoms with E-state index in [-0.39, 0.29) is 17.4 Å². The highest BCUT2D eigenvalue weighted by Gasteiger charge is 2.16. The van der Waals surface area contributed by atoms with Crippen LogP contribution in [0.25, 0.3) is 0 Å². The Kier molecular flexibility index (Phi) is 5.08. The molecule has 0 saturated heterocycles. The van der Waals surface area contributed by atoms with Crippen molar-refractivity contribution in [3.63, 3.8) is 0 Å². The van der Waals surface area contributed by atoms with Gasteiger partial charge in [0.05, 0.1) is 6.04 Å². The van der Waals surface area contributed by atoms with Crippen molar-refractivity contribution in [2.45, 2.75) is 45.7 Å². The van der Waals surface area contributed by atoms with E-state index < -0.39 is 0 Å². The third-order valence-corrected chi connectivity index (χ3v) is 3.27. The summed E-state index contributed by atoms with van der Waals surface area (Å²) in [5.74, 6) is -0.223. The number of nitrogens with one attached hydrogen (secondary N) is 2. The molecule has 1 aromatic carbocycles. The lowest BCUT2D eigenvalue weighted by Gasteiger charge is -2.28. The minimum atomic E-state index is -0.223. The normalized spacial score (nSPS) is 12.9. The Balaban J connectivity index is 2.57. The van der Waals surface area contributed by atoms with Gasteiger partial charge in [-0.2, -0.15) is 0 Å². The summed E-state index contributed by atoms with van der Waals surface area (Å²) in [5.41, 5.74) is 0.988. The van der Waals surface area contributed by atoms with Gasteiger partial charge >= 0.3 is 0 Å². The van der Waals surface area contributed by atoms with Crippen molar-refractivity contribution < 1.29 is 4.39 Å². The maximum Gasteiger partial charge on any atom is 0.167 e. The van der Waals surface area contributed by atoms with Gasteiger partial charge < -0.3 is 10.6 Å². The van der Waals surface area contributed by atoms with Gasteiger partial charge in [0.2, 0.25) is 0 Å². The van der Waals surface area contributed by atoms with Crippen molar-refractivity contribution >= 4 is 17.3 Å². The van der Waals surface area contributed by atoms with Crippen molar-refractivity contribution in [1.29, 1.82) is 0 Å². The first-order chi connectivity index (χ1) is 8.34. The molecule has 0 saturated carbocycles. The van der Waals surface area contributed by atoms with Crippen LogP contribution in [0.15, 0.2) is 24.3 Å². The van der Waals surface area contributed by atoms with Crippen molar-refractivity contribution in [3.05, 3.63) is 35.6 Å². The van der Waals surface area contributed by atoms with Gasteiger partial charge in [0.1, 0.15) is 5.82 Å². The molecule has 1 rings (SSSR count). The van der Waals surface area contributed by atoms with Crippen LogP contribution in [0.1, 0.15) is 45.7 Å². The first kappa shape index (κ1) is 14.9. The van der Waals surface area contributed by atoms with E-state index in [4.69, 9.17) is 12.2 Å². The van der Waals surface area contributed by atoms with Crippen LogP contribution in [0, 0.1) is 5.82 Å². The maximum absolute atomic E-state index is 12.8. The molecule has 1 aromatic rings. The summed E-state index contributed by atoms with van der Waals surface area (Å²) < 4.78 is 12.8. The summed E-state index contributed by atoms with van der Waals surface area (Å²) in [6.45, 7) is 8.31. The van der Waals surface area contributed by atoms with Gasteiger partial charge in [0, 0.05) is 5.54 Å². The quantitative estimate of drug-likeness (QED) is 0.817. The first-order valence-electron chi connectivity index (χ1n) is 6.18. The minimum Gasteiger partial charge on any atom is -0.358 e. The van der Waals surface area contributed by atoms with Crippen LogP contribution < -0.4 is 10.6 Å². The predicted octanol–water partition coefficient (Wildman–Crippen LogP) is 3.54. The lowest BCUT2D eigenvalue weighted by Crippen LogP contribution is -2.48. The van der Waals surface area contributed by atoms with E-state index in [0.717, 1.165) is 12.0 Å². The molecule has 0 bridgehead atoms. The molecule has 1 atom stereocenters. The summed E-state index contributed by atoms with van der Waals surface area (Å²) in [6.07, 6.45) is 0.986. The van der Waals surface area contributed by atoms with Crippen LogP contribution in [0.4, 0.5) is 4.39 Å². The van der Waals surface area contributed by atoms with Crippen molar-refractivity contribution in [2.75, 3.05) is 0 Å². The molecule has 0 heterocycles. The van der Waals surface area contributed by atoms with Gasteiger partial charge in [-0.15, -0.1) is 0 Å². The van der Waals surface area contributed by atoms with E-state index in [1.165, 1.54) is 12.1 Å². The second-order valence-corrected chi connectivity index (χ2v) is 5.52. The summed E-state index contributed by atoms with van der Waals surface area (Å²) in [6, 6.07) is 6.50. The van der Waals surface area contributed by atoms with E-state index in [0.29, 0.717) is 5.11 Å². The molecule has 1 unspecified atom stereocenters. The minimum absolute atomic E-state index is 0.0212. The van der Waals surface area contributed by atoms with Crippen molar-refractivity contribution in [1.82, 2.24) is 10.6 Å². The molecule has 2 nitrogen and oxygen atoms in total. The summed E-state index contributed by atoms with van der Waals surface area (Å²) in [5, 5.41) is 7.09. The summed E-state index contributed by atoms with van der Waals surface area (Å²) in [4.78, 5) is 0. The Labute approximate surface area is 114 Å². The van der Waals surface area contributed by atoms with Crippen LogP contribution in [0.2, 0.25) is 0 Å². The van der Waals surface area contributed by atoms with Crippen LogP contribution >= 0.6 is 12.2 Å². The lowest BCUT2D eigenvalue weighted by molar-refractivity contribution is 0.439. The largest absolute Gasteiger partial charge is 0.358 e. The number of hydrogen-bond acceptors (Lipinski definition) is 1. The first-order valence-corrected chi connectivity index (χ1v) is 6.59. The summed E-state index contributed by atoms with van der Waals surface area (Å²) in [7, 11) is 0. The van der Waals surface area contributed by atoms with Crippen LogP contribution in [0.3, 0.4) is 0 Å². The molecule has 2 N–H and O–H groups in total. The Morgan fingerprint density at radius 1 is 1.33 bits per heavy atom. The van der Waals surface area contributed by atoms with Gasteiger partial charge in [-0.1, -0.05) is 19.1 Å². The monoisotopic (exact) mass is 268 g/mol. The zero-order valence-electron chi connectivity index (χ0n) is 11.4. The van der Waals surface area contributed by atoms with Gasteiger partial charge in [-0.25, -0.2) is 4.39 Å². The van der Waals surface area contributed by atoms with Crippen molar-refractivity contribution in [2.24, 2.45) is 0 Å². The third-order valence-electron chi connectivity index (χ3n) is 3.05. The van der Waals surface area contributed by atoms with E-state index >= 15 is 0 Å². The van der Waals surface area contributed by atoms with E-state index in [1.807, 2.05) is 6.92 Å². The highest BCUT2D eigenvalue weighted by atomic mass is 32.1. The Morgan fingerprint density at radius 2 is 1.89 bits per heavy atom. The average molecular weight is 268 g/mol. The number of rotatable bonds is 4. The highest BCUT2D eigenvalue weighted by molar-refractivity contribution is 7.80. The zero-order valence-corrected chi connectivity index (χ0v) is 12.2. The SMILES string of the molecule is CCC(C)(C)NC(=S)NC(C)c1ccc(F)cc1. The van der Waals surface area contributed by atoms with Crippen LogP contribution in [0.5, 0.6) is 0 Å². The molecule has 0 aliphatic carbocycles. The Bertz CT molecular complexity index is 401. The molecule has 18 heavy (non-hydrogen) atoms. The number of thiocarbonyl (C=S) groups is 1. The standard InChI is InChI=1S/C14H21FN2S/c1-5-14(3,4)17-13(18)16-10(2)11-6-8-12(15)9-7-11/h6-10H,5H2,1-4H3,(H2,16,17,18). The molecule has 0 spiro atoms. The fourth-order valence-electron chi connectivity index (χ4n) is 1.46. The molecule has 4 heteroatoms. The molecule has 0 aliphatic rings. The maximum atomic E-state index is 12.8.